The number of thioether (sulfide) groups is 1. The lowest BCUT2D eigenvalue weighted by Gasteiger charge is -2.39. The minimum atomic E-state index is -0.870. The zero-order chi connectivity index (χ0) is 23.6. The number of ketones is 1. The molecule has 0 bridgehead atoms. The van der Waals surface area contributed by atoms with Gasteiger partial charge >= 0.3 is 5.97 Å². The molecule has 32 heavy (non-hydrogen) atoms. The van der Waals surface area contributed by atoms with Crippen LogP contribution in [0.4, 0.5) is 5.69 Å². The third kappa shape index (κ3) is 5.07. The number of esters is 1. The number of halogens is 1. The van der Waals surface area contributed by atoms with Gasteiger partial charge in [0.25, 0.3) is 5.69 Å². The number of Topliss-reactive ketones (excluding diaryl/α,β-unsaturated/α-hetero) is 1. The molecular weight excluding hydrogens is 452 g/mol. The van der Waals surface area contributed by atoms with Crippen LogP contribution in [0.1, 0.15) is 52.0 Å². The molecule has 0 spiro atoms. The second-order valence-electron chi connectivity index (χ2n) is 8.84. The van der Waals surface area contributed by atoms with Crippen molar-refractivity contribution in [3.05, 3.63) is 50.2 Å². The molecule has 7 nitrogen and oxygen atoms in total. The first kappa shape index (κ1) is 24.5. The van der Waals surface area contributed by atoms with E-state index in [1.165, 1.54) is 18.2 Å². The Balaban J connectivity index is 2.12. The molecule has 1 unspecified atom stereocenters. The molecule has 1 aliphatic carbocycles. The highest BCUT2D eigenvalue weighted by molar-refractivity contribution is 7.99. The van der Waals surface area contributed by atoms with Crippen molar-refractivity contribution >= 4 is 46.5 Å². The van der Waals surface area contributed by atoms with Gasteiger partial charge in [0, 0.05) is 52.2 Å². The maximum Gasteiger partial charge on any atom is 0.315 e. The van der Waals surface area contributed by atoms with E-state index in [9.17, 15) is 19.7 Å². The molecule has 1 aromatic rings. The summed E-state index contributed by atoms with van der Waals surface area (Å²) in [5, 5.41) is 11.7. The minimum absolute atomic E-state index is 0.112. The smallest absolute Gasteiger partial charge is 0.315 e. The third-order valence-electron chi connectivity index (χ3n) is 5.76. The van der Waals surface area contributed by atoms with E-state index in [2.05, 4.69) is 4.99 Å². The van der Waals surface area contributed by atoms with Crippen molar-refractivity contribution in [1.82, 2.24) is 0 Å². The maximum absolute atomic E-state index is 13.3. The monoisotopic (exact) mass is 478 g/mol. The average molecular weight is 479 g/mol. The number of hydrogen-bond acceptors (Lipinski definition) is 7. The summed E-state index contributed by atoms with van der Waals surface area (Å²) in [6, 6.07) is 4.11. The van der Waals surface area contributed by atoms with Gasteiger partial charge in [0.1, 0.15) is 12.5 Å². The van der Waals surface area contributed by atoms with Crippen molar-refractivity contribution in [2.75, 3.05) is 18.1 Å². The van der Waals surface area contributed by atoms with Crippen LogP contribution in [0.15, 0.2) is 34.5 Å². The number of carbonyl (C=O) groups excluding carboxylic acids is 2. The fourth-order valence-corrected chi connectivity index (χ4v) is 5.13. The first-order valence-electron chi connectivity index (χ1n) is 10.6. The number of ether oxygens (including phenoxy) is 1. The van der Waals surface area contributed by atoms with Gasteiger partial charge in [0.15, 0.2) is 5.78 Å². The summed E-state index contributed by atoms with van der Waals surface area (Å²) in [7, 11) is 0. The number of hydrogen-bond donors (Lipinski definition) is 0. The Bertz CT molecular complexity index is 1020. The summed E-state index contributed by atoms with van der Waals surface area (Å²) in [6.45, 7) is 8.00. The van der Waals surface area contributed by atoms with Crippen LogP contribution in [0.25, 0.3) is 0 Å². The molecule has 172 valence electrons. The number of carbonyl (C=O) groups is 2. The molecule has 0 radical (unpaired) electrons. The Morgan fingerprint density at radius 1 is 1.38 bits per heavy atom. The molecule has 2 aliphatic rings. The van der Waals surface area contributed by atoms with Crippen LogP contribution in [0.2, 0.25) is 5.02 Å². The van der Waals surface area contributed by atoms with Crippen molar-refractivity contribution in [3.8, 4) is 0 Å². The largest absolute Gasteiger partial charge is 0.464 e. The van der Waals surface area contributed by atoms with Crippen molar-refractivity contribution < 1.29 is 19.2 Å². The Morgan fingerprint density at radius 2 is 2.09 bits per heavy atom. The Morgan fingerprint density at radius 3 is 2.75 bits per heavy atom. The van der Waals surface area contributed by atoms with Crippen LogP contribution in [-0.2, 0) is 14.3 Å². The van der Waals surface area contributed by atoms with E-state index < -0.39 is 22.7 Å². The van der Waals surface area contributed by atoms with Gasteiger partial charge in [-0.15, -0.1) is 0 Å². The Labute approximate surface area is 196 Å². The molecule has 9 heteroatoms. The second-order valence-corrected chi connectivity index (χ2v) is 10.6. The molecule has 0 saturated heterocycles. The standard InChI is InChI=1S/C23H27ClN2O5S/c1-5-32-9-8-31-22(28)19-13(2)25-17-11-23(3,4)12-18(27)21(17)20(19)15-10-14(26(29)30)6-7-16(15)24/h6-7,10,19-20H,5,8-9,11-12H2,1-4H3/t19?,20-/m0/s1. The van der Waals surface area contributed by atoms with E-state index in [1.54, 1.807) is 18.7 Å². The van der Waals surface area contributed by atoms with Gasteiger partial charge in [-0.05, 0) is 36.1 Å². The minimum Gasteiger partial charge on any atom is -0.464 e. The number of aliphatic imine (C=N–C) groups is 1. The van der Waals surface area contributed by atoms with Crippen molar-refractivity contribution in [1.29, 1.82) is 0 Å². The van der Waals surface area contributed by atoms with Gasteiger partial charge in [-0.3, -0.25) is 24.7 Å². The van der Waals surface area contributed by atoms with E-state index in [0.717, 1.165) is 5.75 Å². The van der Waals surface area contributed by atoms with E-state index >= 15 is 0 Å². The number of allylic oxidation sites excluding steroid dienone is 2. The number of nitro groups is 1. The topological polar surface area (TPSA) is 98.9 Å². The van der Waals surface area contributed by atoms with E-state index in [-0.39, 0.29) is 28.5 Å². The van der Waals surface area contributed by atoms with E-state index in [1.807, 2.05) is 20.8 Å². The van der Waals surface area contributed by atoms with E-state index in [0.29, 0.717) is 41.1 Å². The average Bonchev–Trinajstić information content (AvgIpc) is 2.69. The lowest BCUT2D eigenvalue weighted by Crippen LogP contribution is -2.39. The zero-order valence-corrected chi connectivity index (χ0v) is 20.2. The number of non-ortho nitro benzene ring substituents is 1. The summed E-state index contributed by atoms with van der Waals surface area (Å²) in [6.07, 6.45) is 0.877. The van der Waals surface area contributed by atoms with Crippen LogP contribution < -0.4 is 0 Å². The Kier molecular flexibility index (Phi) is 7.45. The van der Waals surface area contributed by atoms with Crippen LogP contribution >= 0.6 is 23.4 Å². The highest BCUT2D eigenvalue weighted by Gasteiger charge is 2.46. The fraction of sp³-hybridized carbons (Fsp3) is 0.522. The summed E-state index contributed by atoms with van der Waals surface area (Å²) >= 11 is 8.13. The number of nitrogens with zero attached hydrogens (tertiary/aromatic N) is 2. The van der Waals surface area contributed by atoms with Crippen LogP contribution in [0.5, 0.6) is 0 Å². The van der Waals surface area contributed by atoms with Crippen LogP contribution in [-0.4, -0.2) is 40.5 Å². The van der Waals surface area contributed by atoms with E-state index in [4.69, 9.17) is 16.3 Å². The fourth-order valence-electron chi connectivity index (χ4n) is 4.40. The lowest BCUT2D eigenvalue weighted by molar-refractivity contribution is -0.384. The molecule has 1 heterocycles. The molecule has 1 aliphatic heterocycles. The zero-order valence-electron chi connectivity index (χ0n) is 18.6. The molecule has 0 aromatic heterocycles. The van der Waals surface area contributed by atoms with Crippen LogP contribution in [0, 0.1) is 21.4 Å². The predicted octanol–water partition coefficient (Wildman–Crippen LogP) is 5.36. The highest BCUT2D eigenvalue weighted by atomic mass is 35.5. The molecule has 0 saturated carbocycles. The SMILES string of the molecule is CCSCCOC(=O)C1C(C)=NC2=C(C(=O)CC(C)(C)C2)[C@H]1c1cc([N+](=O)[O-])ccc1Cl. The number of rotatable bonds is 7. The first-order valence-corrected chi connectivity index (χ1v) is 12.1. The first-order chi connectivity index (χ1) is 15.1. The van der Waals surface area contributed by atoms with Crippen molar-refractivity contribution in [3.63, 3.8) is 0 Å². The van der Waals surface area contributed by atoms with Crippen molar-refractivity contribution in [2.45, 2.75) is 46.5 Å². The summed E-state index contributed by atoms with van der Waals surface area (Å²) < 4.78 is 5.53. The molecule has 0 fully saturated rings. The molecule has 0 amide bonds. The predicted molar refractivity (Wildman–Crippen MR) is 126 cm³/mol. The second kappa shape index (κ2) is 9.75. The van der Waals surface area contributed by atoms with Gasteiger partial charge in [-0.1, -0.05) is 32.4 Å². The lowest BCUT2D eigenvalue weighted by atomic mass is 9.67. The molecule has 2 atom stereocenters. The van der Waals surface area contributed by atoms with Crippen LogP contribution in [0.3, 0.4) is 0 Å². The quantitative estimate of drug-likeness (QED) is 0.226. The molecule has 0 N–H and O–H groups in total. The normalized spacial score (nSPS) is 22.3. The van der Waals surface area contributed by atoms with Gasteiger partial charge < -0.3 is 4.74 Å². The summed E-state index contributed by atoms with van der Waals surface area (Å²) in [4.78, 5) is 42.0. The third-order valence-corrected chi connectivity index (χ3v) is 6.97. The molecule has 1 aromatic carbocycles. The maximum atomic E-state index is 13.3. The molecule has 3 rings (SSSR count). The van der Waals surface area contributed by atoms with Gasteiger partial charge in [0.2, 0.25) is 0 Å². The summed E-state index contributed by atoms with van der Waals surface area (Å²) in [5.41, 5.74) is 1.53. The summed E-state index contributed by atoms with van der Waals surface area (Å²) in [5.74, 6) is -0.684. The molecular formula is C23H27ClN2O5S. The van der Waals surface area contributed by atoms with Gasteiger partial charge in [0.05, 0.1) is 4.92 Å². The number of benzene rings is 1. The van der Waals surface area contributed by atoms with Crippen molar-refractivity contribution in [2.24, 2.45) is 16.3 Å². The Hall–Kier alpha value is -2.19. The highest BCUT2D eigenvalue weighted by Crippen LogP contribution is 2.49. The van der Waals surface area contributed by atoms with Gasteiger partial charge in [-0.25, -0.2) is 0 Å². The van der Waals surface area contributed by atoms with Gasteiger partial charge in [-0.2, -0.15) is 11.8 Å². The number of nitro benzene ring substituents is 1.